The Balaban J connectivity index is 1.49. The minimum Gasteiger partial charge on any atom is -0.469 e. The van der Waals surface area contributed by atoms with Gasteiger partial charge in [-0.3, -0.25) is 28.8 Å². The second kappa shape index (κ2) is 16.1. The van der Waals surface area contributed by atoms with E-state index >= 15 is 0 Å². The van der Waals surface area contributed by atoms with Gasteiger partial charge in [-0.2, -0.15) is 0 Å². The maximum Gasteiger partial charge on any atom is 0.305 e. The maximum absolute atomic E-state index is 13.1. The van der Waals surface area contributed by atoms with Crippen molar-refractivity contribution in [1.82, 2.24) is 5.32 Å². The molecule has 1 heterocycles. The molecule has 5 aliphatic rings. The summed E-state index contributed by atoms with van der Waals surface area (Å²) in [6.45, 7) is 11.7. The van der Waals surface area contributed by atoms with Crippen molar-refractivity contribution in [2.45, 2.75) is 149 Å². The zero-order valence-electron chi connectivity index (χ0n) is 32.1. The highest BCUT2D eigenvalue weighted by molar-refractivity contribution is 5.80. The molecule has 1 aliphatic heterocycles. The van der Waals surface area contributed by atoms with E-state index in [2.05, 4.69) is 26.1 Å². The molecule has 0 radical (unpaired) electrons. The molecule has 1 N–H and O–H groups in total. The van der Waals surface area contributed by atoms with Crippen LogP contribution in [-0.4, -0.2) is 86.0 Å². The van der Waals surface area contributed by atoms with E-state index in [1.54, 1.807) is 0 Å². The molecule has 5 fully saturated rings. The molecule has 1 amide bonds. The molecule has 52 heavy (non-hydrogen) atoms. The van der Waals surface area contributed by atoms with Gasteiger partial charge in [-0.05, 0) is 91.3 Å². The quantitative estimate of drug-likeness (QED) is 0.180. The SMILES string of the molecule is COC(=O)CC[C@@H](C)[C@H]1CC[C@H]2[C@@H]3C[C@H](O[C@@H]4O[C@H](COC(C)=O)[C@@H](OC(C)=O)[C@H](OC(C)=O)[C@H]4NC(C)=O)[C@@H]4CC(=O)CC[C@]4(C)[C@H]3CC[C@]12C. The van der Waals surface area contributed by atoms with Gasteiger partial charge < -0.3 is 33.7 Å². The van der Waals surface area contributed by atoms with Gasteiger partial charge in [0.1, 0.15) is 24.5 Å². The summed E-state index contributed by atoms with van der Waals surface area (Å²) >= 11 is 0. The van der Waals surface area contributed by atoms with Crippen LogP contribution in [-0.2, 0) is 57.2 Å². The molecule has 14 atom stereocenters. The van der Waals surface area contributed by atoms with Crippen LogP contribution < -0.4 is 5.32 Å². The van der Waals surface area contributed by atoms with Gasteiger partial charge in [0.25, 0.3) is 0 Å². The molecule has 0 spiro atoms. The van der Waals surface area contributed by atoms with Crippen LogP contribution in [0.5, 0.6) is 0 Å². The second-order valence-electron chi connectivity index (χ2n) is 16.7. The molecule has 0 unspecified atom stereocenters. The molecule has 0 bridgehead atoms. The van der Waals surface area contributed by atoms with E-state index in [0.717, 1.165) is 38.5 Å². The van der Waals surface area contributed by atoms with Crippen molar-refractivity contribution >= 4 is 35.6 Å². The van der Waals surface area contributed by atoms with Crippen LogP contribution in [0.2, 0.25) is 0 Å². The Morgan fingerprint density at radius 2 is 1.56 bits per heavy atom. The molecular weight excluding hydrogens is 674 g/mol. The second-order valence-corrected chi connectivity index (χ2v) is 16.7. The Kier molecular flexibility index (Phi) is 12.4. The Morgan fingerprint density at radius 3 is 2.19 bits per heavy atom. The number of carbonyl (C=O) groups is 6. The number of Topliss-reactive ketones (excluding diaryl/α,β-unsaturated/α-hetero) is 1. The fourth-order valence-corrected chi connectivity index (χ4v) is 11.4. The summed E-state index contributed by atoms with van der Waals surface area (Å²) < 4.78 is 35.0. The summed E-state index contributed by atoms with van der Waals surface area (Å²) in [4.78, 5) is 74.4. The van der Waals surface area contributed by atoms with Crippen molar-refractivity contribution in [2.24, 2.45) is 46.3 Å². The van der Waals surface area contributed by atoms with E-state index in [-0.39, 0.29) is 35.1 Å². The largest absolute Gasteiger partial charge is 0.469 e. The maximum atomic E-state index is 13.1. The highest BCUT2D eigenvalue weighted by atomic mass is 16.7. The molecule has 4 aliphatic carbocycles. The standard InChI is InChI=1S/C39H59NO12/c1-20(9-12-33(46)47-8)27-10-11-28-26-18-31(30-17-25(45)13-15-39(30,7)29(26)14-16-38(27,28)6)51-37-34(40-21(2)41)36(50-24(5)44)35(49-23(4)43)32(52-37)19-48-22(3)42/h20,26-32,34-37H,9-19H2,1-8H3,(H,40,41)/t20-,26+,27-,28+,29+,30+,31+,32-,34-,35-,36-,37-,38-,39-/m1/s1. The Labute approximate surface area is 307 Å². The summed E-state index contributed by atoms with van der Waals surface area (Å²) in [7, 11) is 1.43. The average Bonchev–Trinajstić information content (AvgIpc) is 3.42. The highest BCUT2D eigenvalue weighted by Gasteiger charge is 2.64. The molecule has 13 heteroatoms. The van der Waals surface area contributed by atoms with Gasteiger partial charge in [0.15, 0.2) is 18.5 Å². The number of rotatable bonds is 11. The minimum absolute atomic E-state index is 0.0851. The molecule has 13 nitrogen and oxygen atoms in total. The molecule has 292 valence electrons. The van der Waals surface area contributed by atoms with E-state index in [9.17, 15) is 28.8 Å². The highest BCUT2D eigenvalue weighted by Crippen LogP contribution is 2.68. The Morgan fingerprint density at radius 1 is 0.885 bits per heavy atom. The zero-order valence-corrected chi connectivity index (χ0v) is 32.1. The third-order valence-corrected chi connectivity index (χ3v) is 13.6. The van der Waals surface area contributed by atoms with E-state index in [0.29, 0.717) is 55.3 Å². The van der Waals surface area contributed by atoms with Crippen molar-refractivity contribution < 1.29 is 57.2 Å². The number of carbonyl (C=O) groups excluding carboxylic acids is 6. The van der Waals surface area contributed by atoms with Crippen LogP contribution in [0.1, 0.15) is 113 Å². The number of ether oxygens (including phenoxy) is 6. The van der Waals surface area contributed by atoms with Gasteiger partial charge in [0.05, 0.1) is 13.2 Å². The number of hydrogen-bond donors (Lipinski definition) is 1. The first-order valence-corrected chi connectivity index (χ1v) is 19.1. The van der Waals surface area contributed by atoms with Crippen LogP contribution in [0, 0.1) is 46.3 Å². The molecular formula is C39H59NO12. The predicted octanol–water partition coefficient (Wildman–Crippen LogP) is 4.45. The monoisotopic (exact) mass is 733 g/mol. The van der Waals surface area contributed by atoms with Crippen molar-refractivity contribution in [2.75, 3.05) is 13.7 Å². The minimum atomic E-state index is -1.22. The summed E-state index contributed by atoms with van der Waals surface area (Å²) in [5.74, 6) is -0.489. The first-order valence-electron chi connectivity index (χ1n) is 19.1. The summed E-state index contributed by atoms with van der Waals surface area (Å²) in [6, 6.07) is -1.08. The van der Waals surface area contributed by atoms with Gasteiger partial charge in [-0.25, -0.2) is 0 Å². The van der Waals surface area contributed by atoms with E-state index in [1.807, 2.05) is 0 Å². The number of esters is 4. The van der Waals surface area contributed by atoms with Crippen LogP contribution in [0.25, 0.3) is 0 Å². The first kappa shape index (κ1) is 40.1. The molecule has 5 rings (SSSR count). The number of nitrogens with one attached hydrogen (secondary N) is 1. The van der Waals surface area contributed by atoms with E-state index < -0.39 is 60.6 Å². The van der Waals surface area contributed by atoms with Gasteiger partial charge in [0.2, 0.25) is 5.91 Å². The first-order chi connectivity index (χ1) is 24.5. The number of amides is 1. The molecule has 0 aromatic rings. The molecule has 1 saturated heterocycles. The van der Waals surface area contributed by atoms with Gasteiger partial charge in [0, 0.05) is 47.0 Å². The lowest BCUT2D eigenvalue weighted by atomic mass is 9.44. The van der Waals surface area contributed by atoms with Gasteiger partial charge in [-0.15, -0.1) is 0 Å². The van der Waals surface area contributed by atoms with Gasteiger partial charge in [-0.1, -0.05) is 20.8 Å². The normalized spacial score (nSPS) is 40.2. The molecule has 0 aromatic heterocycles. The van der Waals surface area contributed by atoms with Crippen molar-refractivity contribution in [3.8, 4) is 0 Å². The van der Waals surface area contributed by atoms with E-state index in [4.69, 9.17) is 28.4 Å². The average molecular weight is 734 g/mol. The number of fused-ring (bicyclic) bond motifs is 5. The lowest BCUT2D eigenvalue weighted by molar-refractivity contribution is -0.304. The number of ketones is 1. The van der Waals surface area contributed by atoms with Crippen molar-refractivity contribution in [3.63, 3.8) is 0 Å². The third kappa shape index (κ3) is 8.20. The summed E-state index contributed by atoms with van der Waals surface area (Å²) in [5, 5.41) is 2.83. The predicted molar refractivity (Wildman–Crippen MR) is 185 cm³/mol. The topological polar surface area (TPSA) is 170 Å². The fraction of sp³-hybridized carbons (Fsp3) is 0.846. The summed E-state index contributed by atoms with van der Waals surface area (Å²) in [6.07, 6.45) is 2.73. The lowest BCUT2D eigenvalue weighted by Crippen LogP contribution is -2.68. The van der Waals surface area contributed by atoms with Crippen LogP contribution in [0.4, 0.5) is 0 Å². The van der Waals surface area contributed by atoms with Crippen molar-refractivity contribution in [3.05, 3.63) is 0 Å². The Hall–Kier alpha value is -3.06. The Bertz CT molecular complexity index is 1380. The fourth-order valence-electron chi connectivity index (χ4n) is 11.4. The zero-order chi connectivity index (χ0) is 38.1. The van der Waals surface area contributed by atoms with Crippen LogP contribution in [0.15, 0.2) is 0 Å². The number of methoxy groups -OCH3 is 1. The van der Waals surface area contributed by atoms with Gasteiger partial charge >= 0.3 is 23.9 Å². The van der Waals surface area contributed by atoms with Crippen molar-refractivity contribution in [1.29, 1.82) is 0 Å². The van der Waals surface area contributed by atoms with Crippen LogP contribution >= 0.6 is 0 Å². The molecule has 4 saturated carbocycles. The van der Waals surface area contributed by atoms with Crippen LogP contribution in [0.3, 0.4) is 0 Å². The van der Waals surface area contributed by atoms with E-state index in [1.165, 1.54) is 34.8 Å². The number of hydrogen-bond acceptors (Lipinski definition) is 12. The third-order valence-electron chi connectivity index (χ3n) is 13.6. The smallest absolute Gasteiger partial charge is 0.305 e. The summed E-state index contributed by atoms with van der Waals surface area (Å²) in [5.41, 5.74) is -0.0932. The molecule has 0 aromatic carbocycles. The lowest BCUT2D eigenvalue weighted by Gasteiger charge is -2.62.